The minimum atomic E-state index is -0.181. The van der Waals surface area contributed by atoms with Crippen molar-refractivity contribution in [2.24, 2.45) is 7.05 Å². The zero-order valence-electron chi connectivity index (χ0n) is 19.3. The molecule has 2 amide bonds. The summed E-state index contributed by atoms with van der Waals surface area (Å²) in [4.78, 5) is 33.2. The first-order valence-corrected chi connectivity index (χ1v) is 11.7. The van der Waals surface area contributed by atoms with Crippen LogP contribution in [0.15, 0.2) is 66.5 Å². The van der Waals surface area contributed by atoms with Gasteiger partial charge >= 0.3 is 0 Å². The van der Waals surface area contributed by atoms with Crippen LogP contribution >= 0.6 is 0 Å². The molecule has 0 radical (unpaired) electrons. The number of likely N-dealkylation sites (N-methyl/N-ethyl adjacent to an activating group) is 1. The summed E-state index contributed by atoms with van der Waals surface area (Å²) in [6, 6.07) is 17.9. The van der Waals surface area contributed by atoms with Crippen molar-refractivity contribution in [3.05, 3.63) is 77.6 Å². The van der Waals surface area contributed by atoms with E-state index in [1.54, 1.807) is 0 Å². The summed E-state index contributed by atoms with van der Waals surface area (Å²) in [6.07, 6.45) is 2.74. The minimum absolute atomic E-state index is 0.163. The molecule has 0 spiro atoms. The molecular formula is C27H30N4O2. The third-order valence-corrected chi connectivity index (χ3v) is 6.93. The zero-order chi connectivity index (χ0) is 22.9. The van der Waals surface area contributed by atoms with E-state index in [1.165, 1.54) is 10.3 Å². The summed E-state index contributed by atoms with van der Waals surface area (Å²) in [5.41, 5.74) is 4.24. The highest BCUT2D eigenvalue weighted by Crippen LogP contribution is 2.32. The van der Waals surface area contributed by atoms with Crippen molar-refractivity contribution in [2.45, 2.75) is 13.3 Å². The van der Waals surface area contributed by atoms with Crippen molar-refractivity contribution >= 4 is 28.3 Å². The Morgan fingerprint density at radius 3 is 2.27 bits per heavy atom. The van der Waals surface area contributed by atoms with Crippen LogP contribution in [0, 0.1) is 0 Å². The second-order valence-corrected chi connectivity index (χ2v) is 8.81. The summed E-state index contributed by atoms with van der Waals surface area (Å²) < 4.78 is 2.10. The Morgan fingerprint density at radius 2 is 1.55 bits per heavy atom. The highest BCUT2D eigenvalue weighted by Gasteiger charge is 2.41. The number of amides is 2. The van der Waals surface area contributed by atoms with Crippen molar-refractivity contribution in [1.29, 1.82) is 0 Å². The molecule has 0 N–H and O–H groups in total. The molecule has 2 aliphatic rings. The maximum absolute atomic E-state index is 13.6. The fraction of sp³-hybridized carbons (Fsp3) is 0.333. The third-order valence-electron chi connectivity index (χ3n) is 6.93. The van der Waals surface area contributed by atoms with Gasteiger partial charge in [0, 0.05) is 56.9 Å². The Morgan fingerprint density at radius 1 is 0.848 bits per heavy atom. The SMILES string of the molecule is CCN1CCN(C2=C(c3ccccc3)C(=O)N(CCc3cn(C)c4ccccc34)C2=O)CC1. The average molecular weight is 443 g/mol. The first kappa shape index (κ1) is 21.5. The summed E-state index contributed by atoms with van der Waals surface area (Å²) in [5, 5.41) is 1.17. The molecule has 6 nitrogen and oxygen atoms in total. The molecule has 2 aromatic carbocycles. The summed E-state index contributed by atoms with van der Waals surface area (Å²) >= 11 is 0. The molecule has 0 saturated carbocycles. The minimum Gasteiger partial charge on any atom is -0.364 e. The zero-order valence-corrected chi connectivity index (χ0v) is 19.3. The summed E-state index contributed by atoms with van der Waals surface area (Å²) in [7, 11) is 2.03. The van der Waals surface area contributed by atoms with Crippen molar-refractivity contribution in [3.8, 4) is 0 Å². The first-order chi connectivity index (χ1) is 16.1. The Kier molecular flexibility index (Phi) is 5.77. The number of rotatable bonds is 6. The van der Waals surface area contributed by atoms with Gasteiger partial charge in [0.05, 0.1) is 5.57 Å². The third kappa shape index (κ3) is 3.85. The fourth-order valence-electron chi connectivity index (χ4n) is 5.07. The molecule has 2 aliphatic heterocycles. The molecule has 6 heteroatoms. The largest absolute Gasteiger partial charge is 0.364 e. The van der Waals surface area contributed by atoms with Crippen molar-refractivity contribution in [1.82, 2.24) is 19.3 Å². The molecule has 3 heterocycles. The predicted octanol–water partition coefficient (Wildman–Crippen LogP) is 3.14. The predicted molar refractivity (Wildman–Crippen MR) is 130 cm³/mol. The van der Waals surface area contributed by atoms with Crippen LogP contribution in [0.5, 0.6) is 0 Å². The van der Waals surface area contributed by atoms with Crippen molar-refractivity contribution < 1.29 is 9.59 Å². The number of aromatic nitrogens is 1. The van der Waals surface area contributed by atoms with Gasteiger partial charge in [-0.2, -0.15) is 0 Å². The molecular weight excluding hydrogens is 412 g/mol. The molecule has 33 heavy (non-hydrogen) atoms. The van der Waals surface area contributed by atoms with Crippen LogP contribution in [0.3, 0.4) is 0 Å². The standard InChI is InChI=1S/C27H30N4O2/c1-3-29-15-17-30(18-16-29)25-24(20-9-5-4-6-10-20)26(32)31(27(25)33)14-13-21-19-28(2)23-12-8-7-11-22(21)23/h4-12,19H,3,13-18H2,1-2H3. The van der Waals surface area contributed by atoms with E-state index in [4.69, 9.17) is 0 Å². The Labute approximate surface area is 194 Å². The second-order valence-electron chi connectivity index (χ2n) is 8.81. The summed E-state index contributed by atoms with van der Waals surface area (Å²) in [6.45, 7) is 6.86. The Balaban J connectivity index is 1.43. The molecule has 0 unspecified atom stereocenters. The first-order valence-electron chi connectivity index (χ1n) is 11.7. The van der Waals surface area contributed by atoms with E-state index in [2.05, 4.69) is 39.6 Å². The lowest BCUT2D eigenvalue weighted by atomic mass is 10.0. The number of carbonyl (C=O) groups excluding carboxylic acids is 2. The maximum atomic E-state index is 13.6. The van der Waals surface area contributed by atoms with Gasteiger partial charge in [-0.15, -0.1) is 0 Å². The Hall–Kier alpha value is -3.38. The lowest BCUT2D eigenvalue weighted by Crippen LogP contribution is -2.47. The fourth-order valence-corrected chi connectivity index (χ4v) is 5.07. The van der Waals surface area contributed by atoms with Crippen LogP contribution in [0.1, 0.15) is 18.1 Å². The van der Waals surface area contributed by atoms with Crippen molar-refractivity contribution in [2.75, 3.05) is 39.3 Å². The molecule has 170 valence electrons. The van der Waals surface area contributed by atoms with Gasteiger partial charge in [-0.05, 0) is 30.2 Å². The lowest BCUT2D eigenvalue weighted by Gasteiger charge is -2.36. The molecule has 0 aliphatic carbocycles. The van der Waals surface area contributed by atoms with Gasteiger partial charge in [-0.25, -0.2) is 0 Å². The van der Waals surface area contributed by atoms with E-state index in [1.807, 2.05) is 49.5 Å². The van der Waals surface area contributed by atoms with Crippen LogP contribution in [-0.2, 0) is 23.1 Å². The van der Waals surface area contributed by atoms with Crippen molar-refractivity contribution in [3.63, 3.8) is 0 Å². The van der Waals surface area contributed by atoms with Gasteiger partial charge in [0.25, 0.3) is 11.8 Å². The molecule has 0 atom stereocenters. The number of benzene rings is 2. The van der Waals surface area contributed by atoms with Gasteiger partial charge in [-0.1, -0.05) is 55.5 Å². The lowest BCUT2D eigenvalue weighted by molar-refractivity contribution is -0.137. The van der Waals surface area contributed by atoms with Crippen LogP contribution in [-0.4, -0.2) is 70.3 Å². The van der Waals surface area contributed by atoms with Gasteiger partial charge < -0.3 is 14.4 Å². The van der Waals surface area contributed by atoms with Gasteiger partial charge in [-0.3, -0.25) is 14.5 Å². The second kappa shape index (κ2) is 8.87. The van der Waals surface area contributed by atoms with Gasteiger partial charge in [0.2, 0.25) is 0 Å². The van der Waals surface area contributed by atoms with E-state index in [0.717, 1.165) is 49.4 Å². The quantitative estimate of drug-likeness (QED) is 0.551. The number of piperazine rings is 1. The molecule has 3 aromatic rings. The molecule has 1 fully saturated rings. The maximum Gasteiger partial charge on any atom is 0.277 e. The van der Waals surface area contributed by atoms with Crippen LogP contribution in [0.4, 0.5) is 0 Å². The van der Waals surface area contributed by atoms with Crippen LogP contribution in [0.2, 0.25) is 0 Å². The monoisotopic (exact) mass is 442 g/mol. The number of nitrogens with zero attached hydrogens (tertiary/aromatic N) is 4. The van der Waals surface area contributed by atoms with E-state index in [0.29, 0.717) is 24.2 Å². The molecule has 5 rings (SSSR count). The van der Waals surface area contributed by atoms with Crippen LogP contribution in [0.25, 0.3) is 16.5 Å². The van der Waals surface area contributed by atoms with E-state index >= 15 is 0 Å². The number of aryl methyl sites for hydroxylation is 1. The normalized spacial score (nSPS) is 17.6. The van der Waals surface area contributed by atoms with Gasteiger partial charge in [0.15, 0.2) is 0 Å². The Bertz CT molecular complexity index is 1220. The topological polar surface area (TPSA) is 48.8 Å². The molecule has 1 aromatic heterocycles. The number of carbonyl (C=O) groups is 2. The average Bonchev–Trinajstić information content (AvgIpc) is 3.31. The summed E-state index contributed by atoms with van der Waals surface area (Å²) in [5.74, 6) is -0.344. The van der Waals surface area contributed by atoms with Crippen LogP contribution < -0.4 is 0 Å². The number of imide groups is 1. The highest BCUT2D eigenvalue weighted by atomic mass is 16.2. The molecule has 1 saturated heterocycles. The number of hydrogen-bond donors (Lipinski definition) is 0. The van der Waals surface area contributed by atoms with E-state index in [-0.39, 0.29) is 11.8 Å². The highest BCUT2D eigenvalue weighted by molar-refractivity contribution is 6.35. The number of fused-ring (bicyclic) bond motifs is 1. The van der Waals surface area contributed by atoms with E-state index in [9.17, 15) is 9.59 Å². The van der Waals surface area contributed by atoms with Gasteiger partial charge in [0.1, 0.15) is 5.70 Å². The smallest absolute Gasteiger partial charge is 0.277 e. The van der Waals surface area contributed by atoms with E-state index < -0.39 is 0 Å². The number of para-hydroxylation sites is 1. The number of hydrogen-bond acceptors (Lipinski definition) is 4. The molecule has 0 bridgehead atoms.